The molecule has 0 bridgehead atoms. The van der Waals surface area contributed by atoms with Gasteiger partial charge in [-0.1, -0.05) is 0 Å². The van der Waals surface area contributed by atoms with Gasteiger partial charge in [-0.15, -0.1) is 0 Å². The molecule has 0 aromatic heterocycles. The van der Waals surface area contributed by atoms with Gasteiger partial charge < -0.3 is 0 Å². The van der Waals surface area contributed by atoms with Crippen molar-refractivity contribution in [3.05, 3.63) is 0 Å². The average Bonchev–Trinajstić information content (AvgIpc) is 0.811. The van der Waals surface area contributed by atoms with Crippen LogP contribution >= 0.6 is 0 Å². The van der Waals surface area contributed by atoms with Gasteiger partial charge in [0.25, 0.3) is 0 Å². The molecule has 5 heavy (non-hydrogen) atoms. The molecule has 5 heteroatoms. The molecule has 0 aliphatic heterocycles. The summed E-state index contributed by atoms with van der Waals surface area (Å²) in [5, 5.41) is 0. The Morgan fingerprint density at radius 1 is 1.80 bits per heavy atom. The molecule has 0 spiro atoms. The zero-order valence-corrected chi connectivity index (χ0v) is 4.60. The summed E-state index contributed by atoms with van der Waals surface area (Å²) in [7, 11) is 0. The minimum absolute atomic E-state index is 0. The van der Waals surface area contributed by atoms with Gasteiger partial charge in [-0.2, -0.15) is 0 Å². The van der Waals surface area contributed by atoms with Crippen molar-refractivity contribution in [3.8, 4) is 0 Å². The van der Waals surface area contributed by atoms with E-state index in [1.54, 1.807) is 0 Å². The van der Waals surface area contributed by atoms with Gasteiger partial charge in [-0.25, -0.2) is 0 Å². The average molecular weight is 163 g/mol. The fraction of sp³-hybridized carbons (Fsp3) is 0. The second-order valence-corrected chi connectivity index (χ2v) is 1.50. The van der Waals surface area contributed by atoms with Gasteiger partial charge in [0.15, 0.2) is 0 Å². The fourth-order valence-electron chi connectivity index (χ4n) is 0. The molecule has 0 aliphatic carbocycles. The Balaban J connectivity index is 0. The van der Waals surface area contributed by atoms with Crippen LogP contribution in [0.15, 0.2) is 0 Å². The van der Waals surface area contributed by atoms with Crippen molar-refractivity contribution in [1.29, 1.82) is 0 Å². The normalized spacial score (nSPS) is 5.20. The topological polar surface area (TPSA) is 37.3 Å². The molecule has 0 aromatic rings. The van der Waals surface area contributed by atoms with E-state index in [0.29, 0.717) is 0 Å². The first kappa shape index (κ1) is 9.09. The summed E-state index contributed by atoms with van der Waals surface area (Å²) in [5.41, 5.74) is 0. The summed E-state index contributed by atoms with van der Waals surface area (Å²) in [6, 6.07) is 0. The van der Waals surface area contributed by atoms with Crippen molar-refractivity contribution in [2.75, 3.05) is 0 Å². The van der Waals surface area contributed by atoms with E-state index in [2.05, 4.69) is 0 Å². The molecule has 0 aliphatic rings. The molecule has 1 N–H and O–H groups in total. The molecule has 0 unspecified atom stereocenters. The van der Waals surface area contributed by atoms with Gasteiger partial charge in [0.05, 0.1) is 0 Å². The van der Waals surface area contributed by atoms with Crippen molar-refractivity contribution in [1.82, 2.24) is 0 Å². The van der Waals surface area contributed by atoms with Crippen LogP contribution in [0.5, 0.6) is 0 Å². The number of halogens is 2. The van der Waals surface area contributed by atoms with Crippen molar-refractivity contribution >= 4 is 0 Å². The molecule has 0 saturated carbocycles. The maximum absolute atomic E-state index is 10.2. The van der Waals surface area contributed by atoms with E-state index in [1.165, 1.54) is 0 Å². The van der Waals surface area contributed by atoms with Gasteiger partial charge in [0.2, 0.25) is 0 Å². The van der Waals surface area contributed by atoms with E-state index in [4.69, 9.17) is 6.00 Å². The van der Waals surface area contributed by atoms with Crippen LogP contribution in [0.25, 0.3) is 0 Å². The first-order valence-corrected chi connectivity index (χ1v) is 3.65. The second-order valence-electron chi connectivity index (χ2n) is 0.253. The van der Waals surface area contributed by atoms with Gasteiger partial charge in [0, 0.05) is 0 Å². The summed E-state index contributed by atoms with van der Waals surface area (Å²) in [4.78, 5) is 0. The van der Waals surface area contributed by atoms with E-state index in [1.807, 2.05) is 0 Å². The third kappa shape index (κ3) is 111. The van der Waals surface area contributed by atoms with Crippen LogP contribution in [0, 0.1) is 0 Å². The molecule has 32 valence electrons. The first-order chi connectivity index (χ1) is 1.73. The van der Waals surface area contributed by atoms with Crippen LogP contribution in [0.3, 0.4) is 0 Å². The predicted molar refractivity (Wildman–Crippen MR) is 6.52 cm³/mol. The zero-order chi connectivity index (χ0) is 3.58. The van der Waals surface area contributed by atoms with Gasteiger partial charge in [0.1, 0.15) is 0 Å². The summed E-state index contributed by atoms with van der Waals surface area (Å²) >= 11 is -4.29. The summed E-state index contributed by atoms with van der Waals surface area (Å²) < 4.78 is 25.8. The molecule has 0 rings (SSSR count). The Morgan fingerprint density at radius 3 is 1.80 bits per heavy atom. The third-order valence-corrected chi connectivity index (χ3v) is 0. The molecular formula is H2F2O2Zr. The van der Waals surface area contributed by atoms with Crippen LogP contribution in [-0.4, -0.2) is 3.18 Å². The van der Waals surface area contributed by atoms with Crippen molar-refractivity contribution in [3.63, 3.8) is 0 Å². The van der Waals surface area contributed by atoms with Crippen molar-refractivity contribution in [2.24, 2.45) is 0 Å². The predicted octanol–water partition coefficient (Wildman–Crippen LogP) is -0.106. The monoisotopic (exact) mass is 162 g/mol. The number of hydrogen-bond donors (Lipinski definition) is 1. The quantitative estimate of drug-likeness (QED) is 0.541. The van der Waals surface area contributed by atoms with Crippen LogP contribution in [0.4, 0.5) is 7.33 Å². The second kappa shape index (κ2) is 4.50. The first-order valence-electron chi connectivity index (χ1n) is 0.617. The maximum atomic E-state index is 10.2. The molecule has 0 atom stereocenters. The van der Waals surface area contributed by atoms with Crippen LogP contribution in [0.1, 0.15) is 0 Å². The van der Waals surface area contributed by atoms with E-state index in [-0.39, 0.29) is 4.70 Å². The number of hydrogen-bond acceptors (Lipinski definition) is 1. The summed E-state index contributed by atoms with van der Waals surface area (Å²) in [5.74, 6) is 0. The Morgan fingerprint density at radius 2 is 1.80 bits per heavy atom. The standard InChI is InChI=1S/2FH.H2O.O.Zr/h2*1H;1H2;;/q;;;;+2/p-2. The van der Waals surface area contributed by atoms with Crippen molar-refractivity contribution < 1.29 is 36.1 Å². The van der Waals surface area contributed by atoms with Gasteiger partial charge >= 0.3 is 31.4 Å². The van der Waals surface area contributed by atoms with Gasteiger partial charge in [-0.3, -0.25) is 4.70 Å². The Hall–Kier alpha value is 0.503. The molecule has 2 nitrogen and oxygen atoms in total. The Bertz CT molecular complexity index is 30.6. The molecular weight excluding hydrogens is 161 g/mol. The van der Waals surface area contributed by atoms with E-state index in [9.17, 15) is 2.63 Å². The Kier molecular flexibility index (Phi) is 8.19. The zero-order valence-electron chi connectivity index (χ0n) is 2.14. The molecule has 0 saturated heterocycles. The number of rotatable bonds is 0. The Labute approximate surface area is 36.6 Å². The minimum atomic E-state index is -4.29. The van der Waals surface area contributed by atoms with Gasteiger partial charge in [-0.05, 0) is 0 Å². The molecule has 0 heterocycles. The van der Waals surface area contributed by atoms with Crippen LogP contribution < -0.4 is 0 Å². The molecule has 0 fully saturated rings. The SMILES string of the molecule is F.[O]=[Zr]([OH])[F]. The van der Waals surface area contributed by atoms with E-state index < -0.39 is 22.8 Å². The fourth-order valence-corrected chi connectivity index (χ4v) is 0. The third-order valence-electron chi connectivity index (χ3n) is 0. The molecule has 0 radical (unpaired) electrons. The van der Waals surface area contributed by atoms with E-state index in [0.717, 1.165) is 0 Å². The van der Waals surface area contributed by atoms with Crippen LogP contribution in [0.2, 0.25) is 0 Å². The van der Waals surface area contributed by atoms with Crippen LogP contribution in [-0.2, 0) is 25.6 Å². The van der Waals surface area contributed by atoms with Crippen molar-refractivity contribution in [2.45, 2.75) is 0 Å². The van der Waals surface area contributed by atoms with E-state index >= 15 is 0 Å². The summed E-state index contributed by atoms with van der Waals surface area (Å²) in [6.45, 7) is 0. The summed E-state index contributed by atoms with van der Waals surface area (Å²) in [6.07, 6.45) is 0. The molecule has 0 amide bonds. The molecule has 0 aromatic carbocycles.